The van der Waals surface area contributed by atoms with Crippen molar-refractivity contribution in [2.45, 2.75) is 6.04 Å². The van der Waals surface area contributed by atoms with Gasteiger partial charge in [-0.3, -0.25) is 9.69 Å². The zero-order valence-corrected chi connectivity index (χ0v) is 12.4. The predicted octanol–water partition coefficient (Wildman–Crippen LogP) is 3.90. The molecule has 0 aliphatic carbocycles. The number of allylic oxidation sites excluding steroid dienone is 2. The van der Waals surface area contributed by atoms with E-state index in [0.29, 0.717) is 0 Å². The molecule has 1 heterocycles. The molecule has 0 spiro atoms. The number of amides is 1. The van der Waals surface area contributed by atoms with Crippen LogP contribution in [0.15, 0.2) is 78.9 Å². The first kappa shape index (κ1) is 14.1. The molecule has 1 fully saturated rings. The SMILES string of the molecule is C=C/C=C1\C(=O)N(c2ccc(OC)cc2)C1c1ccccc1. The third-order valence-corrected chi connectivity index (χ3v) is 3.78. The average Bonchev–Trinajstić information content (AvgIpc) is 2.58. The standard InChI is InChI=1S/C19H17NO2/c1-3-7-17-18(14-8-5-4-6-9-14)20(19(17)21)15-10-12-16(22-2)13-11-15/h3-13,18H,1H2,2H3/b17-7-. The van der Waals surface area contributed by atoms with E-state index in [1.807, 2.05) is 54.6 Å². The number of carbonyl (C=O) groups is 1. The minimum atomic E-state index is -0.0694. The van der Waals surface area contributed by atoms with E-state index in [1.165, 1.54) is 0 Å². The van der Waals surface area contributed by atoms with E-state index in [2.05, 4.69) is 6.58 Å². The Kier molecular flexibility index (Phi) is 3.79. The van der Waals surface area contributed by atoms with Crippen LogP contribution < -0.4 is 9.64 Å². The zero-order chi connectivity index (χ0) is 15.5. The highest BCUT2D eigenvalue weighted by molar-refractivity contribution is 6.15. The van der Waals surface area contributed by atoms with Crippen LogP contribution in [0.25, 0.3) is 0 Å². The van der Waals surface area contributed by atoms with E-state index in [-0.39, 0.29) is 11.9 Å². The molecule has 1 amide bonds. The number of methoxy groups -OCH3 is 1. The highest BCUT2D eigenvalue weighted by Gasteiger charge is 2.43. The maximum Gasteiger partial charge on any atom is 0.257 e. The number of hydrogen-bond acceptors (Lipinski definition) is 2. The monoisotopic (exact) mass is 291 g/mol. The summed E-state index contributed by atoms with van der Waals surface area (Å²) < 4.78 is 5.17. The van der Waals surface area contributed by atoms with Crippen molar-refractivity contribution in [3.05, 3.63) is 84.5 Å². The fraction of sp³-hybridized carbons (Fsp3) is 0.105. The zero-order valence-electron chi connectivity index (χ0n) is 12.4. The number of ether oxygens (including phenoxy) is 1. The summed E-state index contributed by atoms with van der Waals surface area (Å²) in [4.78, 5) is 14.3. The van der Waals surface area contributed by atoms with Gasteiger partial charge in [-0.05, 0) is 29.8 Å². The van der Waals surface area contributed by atoms with E-state index < -0.39 is 0 Å². The first-order chi connectivity index (χ1) is 10.8. The quantitative estimate of drug-likeness (QED) is 0.631. The fourth-order valence-electron chi connectivity index (χ4n) is 2.71. The van der Waals surface area contributed by atoms with Gasteiger partial charge in [-0.25, -0.2) is 0 Å². The average molecular weight is 291 g/mol. The lowest BCUT2D eigenvalue weighted by atomic mass is 9.87. The summed E-state index contributed by atoms with van der Waals surface area (Å²) in [6.45, 7) is 3.70. The summed E-state index contributed by atoms with van der Waals surface area (Å²) in [7, 11) is 1.63. The topological polar surface area (TPSA) is 29.5 Å². The van der Waals surface area contributed by atoms with E-state index >= 15 is 0 Å². The van der Waals surface area contributed by atoms with Gasteiger partial charge in [-0.1, -0.05) is 49.1 Å². The van der Waals surface area contributed by atoms with Crippen molar-refractivity contribution in [2.75, 3.05) is 12.0 Å². The maximum absolute atomic E-state index is 12.5. The molecule has 0 N–H and O–H groups in total. The summed E-state index contributed by atoms with van der Waals surface area (Å²) in [5.41, 5.74) is 2.71. The molecular weight excluding hydrogens is 274 g/mol. The molecule has 2 aromatic carbocycles. The Morgan fingerprint density at radius 1 is 1.09 bits per heavy atom. The minimum absolute atomic E-state index is 0.0129. The predicted molar refractivity (Wildman–Crippen MR) is 87.9 cm³/mol. The third kappa shape index (κ3) is 2.31. The summed E-state index contributed by atoms with van der Waals surface area (Å²) in [5, 5.41) is 0. The number of β-lactam (4-membered cyclic amide) rings is 1. The highest BCUT2D eigenvalue weighted by Crippen LogP contribution is 2.43. The molecule has 0 radical (unpaired) electrons. The van der Waals surface area contributed by atoms with Gasteiger partial charge in [0.25, 0.3) is 5.91 Å². The Bertz CT molecular complexity index is 717. The smallest absolute Gasteiger partial charge is 0.257 e. The molecular formula is C19H17NO2. The Hall–Kier alpha value is -2.81. The van der Waals surface area contributed by atoms with Gasteiger partial charge in [0, 0.05) is 11.3 Å². The van der Waals surface area contributed by atoms with Gasteiger partial charge in [0.05, 0.1) is 13.2 Å². The number of anilines is 1. The second-order valence-electron chi connectivity index (χ2n) is 5.04. The lowest BCUT2D eigenvalue weighted by Gasteiger charge is -2.43. The second-order valence-corrected chi connectivity index (χ2v) is 5.04. The third-order valence-electron chi connectivity index (χ3n) is 3.78. The first-order valence-corrected chi connectivity index (χ1v) is 7.11. The number of nitrogens with zero attached hydrogens (tertiary/aromatic N) is 1. The van der Waals surface area contributed by atoms with Crippen molar-refractivity contribution in [3.8, 4) is 5.75 Å². The Balaban J connectivity index is 2.00. The van der Waals surface area contributed by atoms with Crippen LogP contribution in [0.1, 0.15) is 11.6 Å². The Labute approximate surface area is 130 Å². The van der Waals surface area contributed by atoms with Crippen LogP contribution in [-0.2, 0) is 4.79 Å². The summed E-state index contributed by atoms with van der Waals surface area (Å²) in [6, 6.07) is 17.5. The van der Waals surface area contributed by atoms with E-state index in [4.69, 9.17) is 4.74 Å². The van der Waals surface area contributed by atoms with Crippen molar-refractivity contribution in [2.24, 2.45) is 0 Å². The van der Waals surface area contributed by atoms with Gasteiger partial charge in [0.15, 0.2) is 0 Å². The van der Waals surface area contributed by atoms with Crippen LogP contribution >= 0.6 is 0 Å². The van der Waals surface area contributed by atoms with Gasteiger partial charge >= 0.3 is 0 Å². The van der Waals surface area contributed by atoms with Gasteiger partial charge in [0.2, 0.25) is 0 Å². The van der Waals surface area contributed by atoms with Gasteiger partial charge < -0.3 is 4.74 Å². The fourth-order valence-corrected chi connectivity index (χ4v) is 2.71. The van der Waals surface area contributed by atoms with Crippen molar-refractivity contribution < 1.29 is 9.53 Å². The van der Waals surface area contributed by atoms with Crippen LogP contribution in [-0.4, -0.2) is 13.0 Å². The molecule has 1 atom stereocenters. The Morgan fingerprint density at radius 2 is 1.77 bits per heavy atom. The minimum Gasteiger partial charge on any atom is -0.497 e. The van der Waals surface area contributed by atoms with Crippen molar-refractivity contribution in [3.63, 3.8) is 0 Å². The van der Waals surface area contributed by atoms with Crippen molar-refractivity contribution in [1.82, 2.24) is 0 Å². The number of rotatable bonds is 4. The molecule has 0 saturated carbocycles. The van der Waals surface area contributed by atoms with Crippen LogP contribution in [0.5, 0.6) is 5.75 Å². The van der Waals surface area contributed by atoms with E-state index in [1.54, 1.807) is 24.2 Å². The van der Waals surface area contributed by atoms with Gasteiger partial charge in [0.1, 0.15) is 5.75 Å². The van der Waals surface area contributed by atoms with E-state index in [9.17, 15) is 4.79 Å². The number of hydrogen-bond donors (Lipinski definition) is 0. The van der Waals surface area contributed by atoms with Crippen LogP contribution in [0.2, 0.25) is 0 Å². The summed E-state index contributed by atoms with van der Waals surface area (Å²) in [5.74, 6) is 0.786. The second kappa shape index (κ2) is 5.90. The van der Waals surface area contributed by atoms with E-state index in [0.717, 1.165) is 22.6 Å². The highest BCUT2D eigenvalue weighted by atomic mass is 16.5. The molecule has 1 aliphatic rings. The largest absolute Gasteiger partial charge is 0.497 e. The maximum atomic E-state index is 12.5. The molecule has 0 aromatic heterocycles. The number of carbonyl (C=O) groups excluding carboxylic acids is 1. The molecule has 1 aliphatic heterocycles. The van der Waals surface area contributed by atoms with Crippen molar-refractivity contribution in [1.29, 1.82) is 0 Å². The van der Waals surface area contributed by atoms with Gasteiger partial charge in [-0.2, -0.15) is 0 Å². The number of benzene rings is 2. The van der Waals surface area contributed by atoms with Crippen LogP contribution in [0, 0.1) is 0 Å². The first-order valence-electron chi connectivity index (χ1n) is 7.11. The molecule has 22 heavy (non-hydrogen) atoms. The van der Waals surface area contributed by atoms with Crippen molar-refractivity contribution >= 4 is 11.6 Å². The molecule has 110 valence electrons. The molecule has 0 bridgehead atoms. The lowest BCUT2D eigenvalue weighted by Crippen LogP contribution is -2.49. The molecule has 3 nitrogen and oxygen atoms in total. The molecule has 1 unspecified atom stereocenters. The summed E-state index contributed by atoms with van der Waals surface area (Å²) >= 11 is 0. The van der Waals surface area contributed by atoms with Gasteiger partial charge in [-0.15, -0.1) is 0 Å². The molecule has 1 saturated heterocycles. The van der Waals surface area contributed by atoms with Crippen LogP contribution in [0.3, 0.4) is 0 Å². The summed E-state index contributed by atoms with van der Waals surface area (Å²) in [6.07, 6.45) is 3.45. The normalized spacial score (nSPS) is 19.0. The Morgan fingerprint density at radius 3 is 2.36 bits per heavy atom. The molecule has 3 rings (SSSR count). The lowest BCUT2D eigenvalue weighted by molar-refractivity contribution is -0.119. The molecule has 2 aromatic rings. The molecule has 3 heteroatoms. The van der Waals surface area contributed by atoms with Crippen LogP contribution in [0.4, 0.5) is 5.69 Å².